The van der Waals surface area contributed by atoms with E-state index in [0.717, 1.165) is 32.2 Å². The standard InChI is InChI=1S/C17H32N2O2/c1-2-10-19-11-3-4-16(9-12-19)18-13-14-5-7-15(8-6-14)17(20)21/h14-16,18H,2-13H2,1H3,(H,20,21). The minimum Gasteiger partial charge on any atom is -0.481 e. The van der Waals surface area contributed by atoms with Crippen molar-refractivity contribution in [3.8, 4) is 0 Å². The minimum absolute atomic E-state index is 0.0817. The van der Waals surface area contributed by atoms with Gasteiger partial charge in [0.05, 0.1) is 5.92 Å². The summed E-state index contributed by atoms with van der Waals surface area (Å²) in [7, 11) is 0. The van der Waals surface area contributed by atoms with Gasteiger partial charge in [-0.1, -0.05) is 6.92 Å². The Morgan fingerprint density at radius 2 is 1.90 bits per heavy atom. The van der Waals surface area contributed by atoms with Crippen LogP contribution < -0.4 is 5.32 Å². The van der Waals surface area contributed by atoms with Crippen LogP contribution in [-0.2, 0) is 4.79 Å². The Morgan fingerprint density at radius 1 is 1.14 bits per heavy atom. The van der Waals surface area contributed by atoms with Gasteiger partial charge in [-0.15, -0.1) is 0 Å². The number of carboxylic acid groups (broad SMARTS) is 1. The number of likely N-dealkylation sites (tertiary alicyclic amines) is 1. The molecule has 4 heteroatoms. The van der Waals surface area contributed by atoms with Gasteiger partial charge in [0, 0.05) is 6.04 Å². The lowest BCUT2D eigenvalue weighted by molar-refractivity contribution is -0.143. The predicted octanol–water partition coefficient (Wildman–Crippen LogP) is 2.73. The molecule has 0 radical (unpaired) electrons. The van der Waals surface area contributed by atoms with E-state index < -0.39 is 5.97 Å². The Hall–Kier alpha value is -0.610. The Labute approximate surface area is 129 Å². The molecule has 2 N–H and O–H groups in total. The van der Waals surface area contributed by atoms with E-state index in [2.05, 4.69) is 17.1 Å². The summed E-state index contributed by atoms with van der Waals surface area (Å²) < 4.78 is 0. The first kappa shape index (κ1) is 16.8. The number of aliphatic carboxylic acids is 1. The molecule has 1 atom stereocenters. The highest BCUT2D eigenvalue weighted by Gasteiger charge is 2.26. The number of nitrogens with one attached hydrogen (secondary N) is 1. The molecule has 1 heterocycles. The fourth-order valence-electron chi connectivity index (χ4n) is 3.85. The molecule has 2 aliphatic rings. The quantitative estimate of drug-likeness (QED) is 0.791. The van der Waals surface area contributed by atoms with Gasteiger partial charge in [0.25, 0.3) is 0 Å². The maximum atomic E-state index is 11.0. The maximum Gasteiger partial charge on any atom is 0.306 e. The van der Waals surface area contributed by atoms with Gasteiger partial charge in [-0.2, -0.15) is 0 Å². The van der Waals surface area contributed by atoms with Crippen LogP contribution in [0.5, 0.6) is 0 Å². The number of nitrogens with zero attached hydrogens (tertiary/aromatic N) is 1. The third-order valence-corrected chi connectivity index (χ3v) is 5.25. The molecule has 2 rings (SSSR count). The fraction of sp³-hybridized carbons (Fsp3) is 0.941. The number of rotatable bonds is 6. The summed E-state index contributed by atoms with van der Waals surface area (Å²) in [5.41, 5.74) is 0. The molecule has 1 unspecified atom stereocenters. The van der Waals surface area contributed by atoms with Crippen molar-refractivity contribution < 1.29 is 9.90 Å². The van der Waals surface area contributed by atoms with Crippen LogP contribution in [0.4, 0.5) is 0 Å². The molecule has 1 saturated carbocycles. The van der Waals surface area contributed by atoms with Crippen molar-refractivity contribution in [3.63, 3.8) is 0 Å². The van der Waals surface area contributed by atoms with E-state index in [4.69, 9.17) is 5.11 Å². The summed E-state index contributed by atoms with van der Waals surface area (Å²) in [4.78, 5) is 13.6. The smallest absolute Gasteiger partial charge is 0.306 e. The second kappa shape index (κ2) is 8.74. The molecule has 21 heavy (non-hydrogen) atoms. The highest BCUT2D eigenvalue weighted by molar-refractivity contribution is 5.69. The molecular weight excluding hydrogens is 264 g/mol. The predicted molar refractivity (Wildman–Crippen MR) is 85.5 cm³/mol. The summed E-state index contributed by atoms with van der Waals surface area (Å²) in [6.45, 7) is 7.08. The molecular formula is C17H32N2O2. The van der Waals surface area contributed by atoms with Gasteiger partial charge in [0.1, 0.15) is 0 Å². The lowest BCUT2D eigenvalue weighted by Gasteiger charge is -2.28. The zero-order valence-electron chi connectivity index (χ0n) is 13.5. The van der Waals surface area contributed by atoms with Crippen molar-refractivity contribution in [2.75, 3.05) is 26.2 Å². The normalized spacial score (nSPS) is 31.8. The molecule has 0 aromatic carbocycles. The first-order valence-electron chi connectivity index (χ1n) is 8.87. The first-order valence-corrected chi connectivity index (χ1v) is 8.87. The Balaban J connectivity index is 1.63. The molecule has 0 aromatic heterocycles. The number of carbonyl (C=O) groups is 1. The Kier molecular flexibility index (Phi) is 6.97. The molecule has 122 valence electrons. The van der Waals surface area contributed by atoms with Crippen molar-refractivity contribution >= 4 is 5.97 Å². The molecule has 1 aliphatic carbocycles. The third-order valence-electron chi connectivity index (χ3n) is 5.25. The Bertz CT molecular complexity index is 314. The third kappa shape index (κ3) is 5.59. The SMILES string of the molecule is CCCN1CCCC(NCC2CCC(C(=O)O)CC2)CC1. The summed E-state index contributed by atoms with van der Waals surface area (Å²) in [6, 6.07) is 0.670. The zero-order valence-corrected chi connectivity index (χ0v) is 13.5. The van der Waals surface area contributed by atoms with E-state index in [1.165, 1.54) is 45.3 Å². The highest BCUT2D eigenvalue weighted by atomic mass is 16.4. The highest BCUT2D eigenvalue weighted by Crippen LogP contribution is 2.28. The van der Waals surface area contributed by atoms with Crippen molar-refractivity contribution in [3.05, 3.63) is 0 Å². The summed E-state index contributed by atoms with van der Waals surface area (Å²) in [5, 5.41) is 12.8. The lowest BCUT2D eigenvalue weighted by Crippen LogP contribution is -2.36. The van der Waals surface area contributed by atoms with Crippen LogP contribution in [0.3, 0.4) is 0 Å². The molecule has 1 saturated heterocycles. The monoisotopic (exact) mass is 296 g/mol. The molecule has 2 fully saturated rings. The topological polar surface area (TPSA) is 52.6 Å². The minimum atomic E-state index is -0.596. The van der Waals surface area contributed by atoms with Crippen molar-refractivity contribution in [2.45, 2.75) is 64.3 Å². The summed E-state index contributed by atoms with van der Waals surface area (Å²) in [5.74, 6) is 0.0125. The number of hydrogen-bond acceptors (Lipinski definition) is 3. The Morgan fingerprint density at radius 3 is 2.57 bits per heavy atom. The zero-order chi connectivity index (χ0) is 15.1. The van der Waals surface area contributed by atoms with Crippen molar-refractivity contribution in [1.82, 2.24) is 10.2 Å². The van der Waals surface area contributed by atoms with Gasteiger partial charge in [-0.25, -0.2) is 0 Å². The first-order chi connectivity index (χ1) is 10.2. The molecule has 0 spiro atoms. The summed E-state index contributed by atoms with van der Waals surface area (Å²) >= 11 is 0. The van der Waals surface area contributed by atoms with Crippen LogP contribution >= 0.6 is 0 Å². The molecule has 0 bridgehead atoms. The summed E-state index contributed by atoms with van der Waals surface area (Å²) in [6.07, 6.45) is 9.04. The van der Waals surface area contributed by atoms with Crippen molar-refractivity contribution in [2.24, 2.45) is 11.8 Å². The van der Waals surface area contributed by atoms with E-state index in [0.29, 0.717) is 12.0 Å². The second-order valence-corrected chi connectivity index (χ2v) is 6.93. The van der Waals surface area contributed by atoms with Gasteiger partial charge < -0.3 is 15.3 Å². The van der Waals surface area contributed by atoms with E-state index in [1.807, 2.05) is 0 Å². The van der Waals surface area contributed by atoms with Crippen molar-refractivity contribution in [1.29, 1.82) is 0 Å². The van der Waals surface area contributed by atoms with Gasteiger partial charge in [0.15, 0.2) is 0 Å². The average Bonchev–Trinajstić information content (AvgIpc) is 2.71. The molecule has 1 aliphatic heterocycles. The van der Waals surface area contributed by atoms with Gasteiger partial charge in [-0.05, 0) is 83.5 Å². The second-order valence-electron chi connectivity index (χ2n) is 6.93. The molecule has 0 aromatic rings. The van der Waals surface area contributed by atoms with Crippen LogP contribution in [0.1, 0.15) is 58.3 Å². The molecule has 0 amide bonds. The van der Waals surface area contributed by atoms with Crippen LogP contribution in [0.25, 0.3) is 0 Å². The maximum absolute atomic E-state index is 11.0. The van der Waals surface area contributed by atoms with Gasteiger partial charge >= 0.3 is 5.97 Å². The van der Waals surface area contributed by atoms with Gasteiger partial charge in [-0.3, -0.25) is 4.79 Å². The number of hydrogen-bond donors (Lipinski definition) is 2. The number of carboxylic acids is 1. The average molecular weight is 296 g/mol. The van der Waals surface area contributed by atoms with E-state index >= 15 is 0 Å². The van der Waals surface area contributed by atoms with E-state index in [9.17, 15) is 4.79 Å². The molecule has 4 nitrogen and oxygen atoms in total. The van der Waals surface area contributed by atoms with Gasteiger partial charge in [0.2, 0.25) is 0 Å². The fourth-order valence-corrected chi connectivity index (χ4v) is 3.85. The van der Waals surface area contributed by atoms with Crippen LogP contribution in [0.15, 0.2) is 0 Å². The van der Waals surface area contributed by atoms with Crippen LogP contribution in [0, 0.1) is 11.8 Å². The lowest BCUT2D eigenvalue weighted by atomic mass is 9.82. The van der Waals surface area contributed by atoms with Crippen LogP contribution in [0.2, 0.25) is 0 Å². The van der Waals surface area contributed by atoms with Crippen LogP contribution in [-0.4, -0.2) is 48.2 Å². The largest absolute Gasteiger partial charge is 0.481 e. The van der Waals surface area contributed by atoms with E-state index in [-0.39, 0.29) is 5.92 Å². The van der Waals surface area contributed by atoms with E-state index in [1.54, 1.807) is 0 Å².